The third-order valence-electron chi connectivity index (χ3n) is 5.29. The summed E-state index contributed by atoms with van der Waals surface area (Å²) < 4.78 is 9.09. The van der Waals surface area contributed by atoms with Gasteiger partial charge in [-0.2, -0.15) is 0 Å². The topological polar surface area (TPSA) is 21.3 Å². The molecule has 2 aliphatic rings. The minimum Gasteiger partial charge on any atom is -0.375 e. The molecular formula is C17H23NOS2. The number of hydrogen-bond acceptors (Lipinski definition) is 4. The Balaban J connectivity index is 1.58. The molecule has 0 radical (unpaired) electrons. The Hall–Kier alpha value is -0.420. The van der Waals surface area contributed by atoms with Crippen molar-refractivity contribution in [2.24, 2.45) is 5.92 Å². The maximum Gasteiger partial charge on any atom is 0.0686 e. The summed E-state index contributed by atoms with van der Waals surface area (Å²) in [4.78, 5) is 1.51. The van der Waals surface area contributed by atoms with Gasteiger partial charge in [0.1, 0.15) is 0 Å². The molecule has 2 nitrogen and oxygen atoms in total. The summed E-state index contributed by atoms with van der Waals surface area (Å²) in [6, 6.07) is 5.15. The highest BCUT2D eigenvalue weighted by Gasteiger charge is 2.42. The van der Waals surface area contributed by atoms with Gasteiger partial charge in [-0.25, -0.2) is 0 Å². The number of ether oxygens (including phenoxy) is 1. The Morgan fingerprint density at radius 2 is 2.19 bits per heavy atom. The lowest BCUT2D eigenvalue weighted by Gasteiger charge is -2.41. The van der Waals surface area contributed by atoms with Crippen LogP contribution in [-0.4, -0.2) is 19.3 Å². The van der Waals surface area contributed by atoms with Crippen molar-refractivity contribution in [1.29, 1.82) is 0 Å². The number of fused-ring (bicyclic) bond motifs is 1. The van der Waals surface area contributed by atoms with Crippen molar-refractivity contribution < 1.29 is 4.74 Å². The normalized spacial score (nSPS) is 26.6. The molecule has 0 bridgehead atoms. The molecular weight excluding hydrogens is 298 g/mol. The van der Waals surface area contributed by atoms with Crippen molar-refractivity contribution in [2.75, 3.05) is 13.7 Å². The molecule has 4 heteroatoms. The van der Waals surface area contributed by atoms with Gasteiger partial charge in [-0.15, -0.1) is 22.7 Å². The van der Waals surface area contributed by atoms with Gasteiger partial charge < -0.3 is 10.1 Å². The summed E-state index contributed by atoms with van der Waals surface area (Å²) in [5.74, 6) is 0.717. The number of nitrogens with one attached hydrogen (secondary N) is 1. The van der Waals surface area contributed by atoms with Gasteiger partial charge in [0.05, 0.1) is 5.60 Å². The van der Waals surface area contributed by atoms with E-state index in [4.69, 9.17) is 4.74 Å². The highest BCUT2D eigenvalue weighted by atomic mass is 32.1. The van der Waals surface area contributed by atoms with E-state index < -0.39 is 0 Å². The van der Waals surface area contributed by atoms with Crippen molar-refractivity contribution in [2.45, 2.75) is 50.2 Å². The van der Waals surface area contributed by atoms with Crippen molar-refractivity contribution in [3.8, 4) is 0 Å². The van der Waals surface area contributed by atoms with Gasteiger partial charge >= 0.3 is 0 Å². The fourth-order valence-corrected chi connectivity index (χ4v) is 6.59. The van der Waals surface area contributed by atoms with E-state index in [0.29, 0.717) is 6.04 Å². The molecule has 2 unspecified atom stereocenters. The Kier molecular flexibility index (Phi) is 3.82. The molecule has 1 saturated heterocycles. The minimum absolute atomic E-state index is 0.215. The van der Waals surface area contributed by atoms with Gasteiger partial charge in [0.25, 0.3) is 0 Å². The van der Waals surface area contributed by atoms with Crippen LogP contribution in [0.2, 0.25) is 0 Å². The second-order valence-corrected chi connectivity index (χ2v) is 8.62. The first-order chi connectivity index (χ1) is 10.3. The first kappa shape index (κ1) is 14.2. The van der Waals surface area contributed by atoms with Gasteiger partial charge in [-0.05, 0) is 56.2 Å². The number of rotatable bonds is 3. The third kappa shape index (κ3) is 2.56. The van der Waals surface area contributed by atoms with Crippen molar-refractivity contribution in [1.82, 2.24) is 5.32 Å². The molecule has 1 N–H and O–H groups in total. The van der Waals surface area contributed by atoms with Gasteiger partial charge in [-0.1, -0.05) is 12.8 Å². The zero-order chi connectivity index (χ0) is 14.3. The predicted molar refractivity (Wildman–Crippen MR) is 91.4 cm³/mol. The van der Waals surface area contributed by atoms with Crippen LogP contribution in [-0.2, 0) is 4.74 Å². The lowest BCUT2D eigenvalue weighted by atomic mass is 9.80. The molecule has 0 aromatic carbocycles. The Morgan fingerprint density at radius 3 is 2.95 bits per heavy atom. The van der Waals surface area contributed by atoms with Crippen LogP contribution in [0.15, 0.2) is 17.5 Å². The molecule has 2 aromatic heterocycles. The molecule has 1 aliphatic heterocycles. The second kappa shape index (κ2) is 5.65. The zero-order valence-electron chi connectivity index (χ0n) is 12.6. The monoisotopic (exact) mass is 321 g/mol. The molecule has 114 valence electrons. The zero-order valence-corrected chi connectivity index (χ0v) is 14.2. The maximum atomic E-state index is 6.21. The molecule has 2 aromatic rings. The van der Waals surface area contributed by atoms with Crippen LogP contribution in [0.1, 0.15) is 49.4 Å². The lowest BCUT2D eigenvalue weighted by molar-refractivity contribution is -0.0977. The third-order valence-corrected chi connectivity index (χ3v) is 7.47. The summed E-state index contributed by atoms with van der Waals surface area (Å²) in [6.45, 7) is 0.947. The Labute approximate surface area is 134 Å². The molecule has 4 rings (SSSR count). The van der Waals surface area contributed by atoms with Gasteiger partial charge in [0.2, 0.25) is 0 Å². The van der Waals surface area contributed by atoms with E-state index in [0.717, 1.165) is 12.5 Å². The summed E-state index contributed by atoms with van der Waals surface area (Å²) in [5.41, 5.74) is 0.215. The van der Waals surface area contributed by atoms with E-state index >= 15 is 0 Å². The Morgan fingerprint density at radius 1 is 1.33 bits per heavy atom. The van der Waals surface area contributed by atoms with E-state index in [-0.39, 0.29) is 5.60 Å². The maximum absolute atomic E-state index is 6.21. The van der Waals surface area contributed by atoms with Gasteiger partial charge in [0.15, 0.2) is 0 Å². The molecule has 1 spiro atoms. The molecule has 21 heavy (non-hydrogen) atoms. The van der Waals surface area contributed by atoms with Gasteiger partial charge in [-0.3, -0.25) is 0 Å². The molecule has 1 saturated carbocycles. The summed E-state index contributed by atoms with van der Waals surface area (Å²) in [6.07, 6.45) is 7.69. The van der Waals surface area contributed by atoms with Gasteiger partial charge in [0, 0.05) is 26.9 Å². The van der Waals surface area contributed by atoms with Crippen LogP contribution in [0.25, 0.3) is 9.40 Å². The largest absolute Gasteiger partial charge is 0.375 e. The SMILES string of the molecule is CNC(c1cc2sccc2s1)C1CCOC2(CCCC2)C1. The number of thiophene rings is 2. The van der Waals surface area contributed by atoms with Crippen LogP contribution < -0.4 is 5.32 Å². The Bertz CT molecular complexity index is 583. The quantitative estimate of drug-likeness (QED) is 0.862. The van der Waals surface area contributed by atoms with E-state index in [2.05, 4.69) is 29.9 Å². The lowest BCUT2D eigenvalue weighted by Crippen LogP contribution is -2.41. The molecule has 2 fully saturated rings. The predicted octanol–water partition coefficient (Wildman–Crippen LogP) is 4.96. The average molecular weight is 322 g/mol. The highest BCUT2D eigenvalue weighted by Crippen LogP contribution is 2.46. The van der Waals surface area contributed by atoms with E-state index in [1.807, 2.05) is 22.7 Å². The van der Waals surface area contributed by atoms with E-state index in [9.17, 15) is 0 Å². The van der Waals surface area contributed by atoms with Crippen LogP contribution >= 0.6 is 22.7 Å². The van der Waals surface area contributed by atoms with E-state index in [1.165, 1.54) is 52.8 Å². The highest BCUT2D eigenvalue weighted by molar-refractivity contribution is 7.26. The fraction of sp³-hybridized carbons (Fsp3) is 0.647. The van der Waals surface area contributed by atoms with Crippen LogP contribution in [0.3, 0.4) is 0 Å². The van der Waals surface area contributed by atoms with Crippen molar-refractivity contribution in [3.05, 3.63) is 22.4 Å². The fourth-order valence-electron chi connectivity index (χ4n) is 4.27. The average Bonchev–Trinajstić information content (AvgIpc) is 3.16. The molecule has 2 atom stereocenters. The molecule has 1 aliphatic carbocycles. The number of hydrogen-bond donors (Lipinski definition) is 1. The first-order valence-corrected chi connectivity index (χ1v) is 9.77. The minimum atomic E-state index is 0.215. The van der Waals surface area contributed by atoms with Crippen molar-refractivity contribution in [3.63, 3.8) is 0 Å². The van der Waals surface area contributed by atoms with Crippen LogP contribution in [0, 0.1) is 5.92 Å². The summed E-state index contributed by atoms with van der Waals surface area (Å²) in [5, 5.41) is 5.80. The molecule has 0 amide bonds. The first-order valence-electron chi connectivity index (χ1n) is 8.08. The molecule has 3 heterocycles. The smallest absolute Gasteiger partial charge is 0.0686 e. The summed E-state index contributed by atoms with van der Waals surface area (Å²) in [7, 11) is 2.12. The second-order valence-electron chi connectivity index (χ2n) is 6.56. The van der Waals surface area contributed by atoms with Crippen molar-refractivity contribution >= 4 is 32.1 Å². The standard InChI is InChI=1S/C17H23NOS2/c1-18-16(15-10-14-13(21-15)5-9-20-14)12-4-8-19-17(11-12)6-2-3-7-17/h5,9-10,12,16,18H,2-4,6-8,11H2,1H3. The van der Waals surface area contributed by atoms with E-state index in [1.54, 1.807) is 0 Å². The summed E-state index contributed by atoms with van der Waals surface area (Å²) >= 11 is 3.83. The van der Waals surface area contributed by atoms with Crippen LogP contribution in [0.5, 0.6) is 0 Å². The van der Waals surface area contributed by atoms with Crippen LogP contribution in [0.4, 0.5) is 0 Å².